The first-order chi connectivity index (χ1) is 10.3. The fourth-order valence-corrected chi connectivity index (χ4v) is 2.76. The molecule has 0 amide bonds. The number of hydrogen-bond acceptors (Lipinski definition) is 4. The Labute approximate surface area is 124 Å². The summed E-state index contributed by atoms with van der Waals surface area (Å²) in [4.78, 5) is 1.70. The molecule has 3 aromatic rings. The van der Waals surface area contributed by atoms with Crippen molar-refractivity contribution in [3.63, 3.8) is 0 Å². The number of benzene rings is 2. The zero-order valence-electron chi connectivity index (χ0n) is 12.3. The fraction of sp³-hybridized carbons (Fsp3) is 0.312. The number of aromatic nitrogens is 4. The number of aryl methyl sites for hydroxylation is 1. The van der Waals surface area contributed by atoms with E-state index in [0.717, 1.165) is 13.0 Å². The molecule has 5 heteroatoms. The molecule has 0 aliphatic heterocycles. The van der Waals surface area contributed by atoms with Crippen LogP contribution in [0.3, 0.4) is 0 Å². The molecule has 0 spiro atoms. The lowest BCUT2D eigenvalue weighted by molar-refractivity contribution is 0.424. The molecule has 0 saturated heterocycles. The second-order valence-electron chi connectivity index (χ2n) is 5.18. The van der Waals surface area contributed by atoms with E-state index in [4.69, 9.17) is 0 Å². The van der Waals surface area contributed by atoms with Crippen molar-refractivity contribution in [2.24, 2.45) is 0 Å². The maximum atomic E-state index is 4.24. The third-order valence-corrected chi connectivity index (χ3v) is 3.85. The molecule has 1 atom stereocenters. The van der Waals surface area contributed by atoms with Gasteiger partial charge in [-0.2, -0.15) is 4.80 Å². The van der Waals surface area contributed by atoms with Crippen LogP contribution in [0.1, 0.15) is 23.6 Å². The minimum Gasteiger partial charge on any atom is -0.320 e. The third-order valence-electron chi connectivity index (χ3n) is 3.85. The van der Waals surface area contributed by atoms with Crippen molar-refractivity contribution in [1.82, 2.24) is 25.5 Å². The summed E-state index contributed by atoms with van der Waals surface area (Å²) in [7, 11) is 1.96. The Morgan fingerprint density at radius 1 is 1.14 bits per heavy atom. The summed E-state index contributed by atoms with van der Waals surface area (Å²) in [6, 6.07) is 12.9. The van der Waals surface area contributed by atoms with E-state index in [1.807, 2.05) is 7.05 Å². The van der Waals surface area contributed by atoms with Gasteiger partial charge in [-0.05, 0) is 54.0 Å². The van der Waals surface area contributed by atoms with Gasteiger partial charge in [-0.3, -0.25) is 0 Å². The van der Waals surface area contributed by atoms with Crippen molar-refractivity contribution in [3.8, 4) is 0 Å². The van der Waals surface area contributed by atoms with E-state index in [1.54, 1.807) is 4.80 Å². The molecule has 0 aliphatic carbocycles. The zero-order chi connectivity index (χ0) is 14.7. The Hall–Kier alpha value is -2.27. The maximum absolute atomic E-state index is 4.24. The molecule has 0 fully saturated rings. The van der Waals surface area contributed by atoms with E-state index < -0.39 is 0 Å². The molecule has 108 valence electrons. The van der Waals surface area contributed by atoms with Gasteiger partial charge in [0.25, 0.3) is 0 Å². The van der Waals surface area contributed by atoms with Crippen molar-refractivity contribution in [1.29, 1.82) is 0 Å². The quantitative estimate of drug-likeness (QED) is 0.780. The van der Waals surface area contributed by atoms with Gasteiger partial charge in [0.05, 0.1) is 0 Å². The monoisotopic (exact) mass is 281 g/mol. The third kappa shape index (κ3) is 2.64. The maximum Gasteiger partial charge on any atom is 0.162 e. The van der Waals surface area contributed by atoms with E-state index in [-0.39, 0.29) is 6.04 Å². The Bertz CT molecular complexity index is 721. The summed E-state index contributed by atoms with van der Waals surface area (Å²) in [6.07, 6.45) is 2.41. The second-order valence-corrected chi connectivity index (χ2v) is 5.18. The van der Waals surface area contributed by atoms with Gasteiger partial charge in [-0.15, -0.1) is 10.2 Å². The number of rotatable bonds is 5. The number of hydrogen-bond donors (Lipinski definition) is 1. The molecule has 1 heterocycles. The summed E-state index contributed by atoms with van der Waals surface area (Å²) in [5, 5.41) is 17.9. The minimum absolute atomic E-state index is 0.0884. The SMILES string of the molecule is CNCCC(c1ccc(C)c2ccccc12)n1ncnn1. The molecule has 2 aromatic carbocycles. The lowest BCUT2D eigenvalue weighted by Gasteiger charge is -2.18. The Morgan fingerprint density at radius 3 is 2.67 bits per heavy atom. The van der Waals surface area contributed by atoms with Crippen LogP contribution in [0, 0.1) is 6.92 Å². The Kier molecular flexibility index (Phi) is 3.92. The molecular weight excluding hydrogens is 262 g/mol. The minimum atomic E-state index is 0.0884. The van der Waals surface area contributed by atoms with Gasteiger partial charge in [0.2, 0.25) is 0 Å². The highest BCUT2D eigenvalue weighted by Gasteiger charge is 2.18. The van der Waals surface area contributed by atoms with Gasteiger partial charge in [-0.1, -0.05) is 36.4 Å². The van der Waals surface area contributed by atoms with Gasteiger partial charge < -0.3 is 5.32 Å². The lowest BCUT2D eigenvalue weighted by atomic mass is 9.94. The van der Waals surface area contributed by atoms with Crippen LogP contribution in [0.25, 0.3) is 10.8 Å². The van der Waals surface area contributed by atoms with Crippen molar-refractivity contribution < 1.29 is 0 Å². The first-order valence-corrected chi connectivity index (χ1v) is 7.16. The average Bonchev–Trinajstić information content (AvgIpc) is 3.04. The van der Waals surface area contributed by atoms with Crippen LogP contribution in [0.5, 0.6) is 0 Å². The van der Waals surface area contributed by atoms with Crippen molar-refractivity contribution >= 4 is 10.8 Å². The highest BCUT2D eigenvalue weighted by Crippen LogP contribution is 2.29. The predicted molar refractivity (Wildman–Crippen MR) is 83.2 cm³/mol. The summed E-state index contributed by atoms with van der Waals surface area (Å²) < 4.78 is 0. The van der Waals surface area contributed by atoms with Gasteiger partial charge in [0.1, 0.15) is 6.04 Å². The Balaban J connectivity index is 2.13. The molecule has 3 rings (SSSR count). The number of nitrogens with one attached hydrogen (secondary N) is 1. The zero-order valence-corrected chi connectivity index (χ0v) is 12.3. The molecule has 0 bridgehead atoms. The van der Waals surface area contributed by atoms with E-state index in [1.165, 1.54) is 28.2 Å². The highest BCUT2D eigenvalue weighted by atomic mass is 15.6. The average molecular weight is 281 g/mol. The van der Waals surface area contributed by atoms with Crippen LogP contribution in [-0.2, 0) is 0 Å². The van der Waals surface area contributed by atoms with Crippen molar-refractivity contribution in [2.45, 2.75) is 19.4 Å². The highest BCUT2D eigenvalue weighted by molar-refractivity contribution is 5.88. The van der Waals surface area contributed by atoms with Gasteiger partial charge in [-0.25, -0.2) is 0 Å². The first kappa shape index (κ1) is 13.7. The number of tetrazole rings is 1. The number of fused-ring (bicyclic) bond motifs is 1. The van der Waals surface area contributed by atoms with E-state index in [0.29, 0.717) is 0 Å². The molecule has 5 nitrogen and oxygen atoms in total. The van der Waals surface area contributed by atoms with E-state index >= 15 is 0 Å². The summed E-state index contributed by atoms with van der Waals surface area (Å²) in [6.45, 7) is 3.04. The van der Waals surface area contributed by atoms with Crippen LogP contribution in [0.4, 0.5) is 0 Å². The summed E-state index contributed by atoms with van der Waals surface area (Å²) in [5.74, 6) is 0. The predicted octanol–water partition coefficient (Wildman–Crippen LogP) is 2.33. The lowest BCUT2D eigenvalue weighted by Crippen LogP contribution is -2.20. The largest absolute Gasteiger partial charge is 0.320 e. The van der Waals surface area contributed by atoms with Gasteiger partial charge in [0, 0.05) is 0 Å². The molecule has 1 aromatic heterocycles. The smallest absolute Gasteiger partial charge is 0.162 e. The second kappa shape index (κ2) is 6.01. The van der Waals surface area contributed by atoms with Crippen molar-refractivity contribution in [2.75, 3.05) is 13.6 Å². The molecule has 0 radical (unpaired) electrons. The van der Waals surface area contributed by atoms with Crippen LogP contribution in [0.2, 0.25) is 0 Å². The molecule has 1 unspecified atom stereocenters. The van der Waals surface area contributed by atoms with Crippen LogP contribution in [-0.4, -0.2) is 33.8 Å². The summed E-state index contributed by atoms with van der Waals surface area (Å²) in [5.41, 5.74) is 2.53. The Morgan fingerprint density at radius 2 is 1.95 bits per heavy atom. The molecule has 21 heavy (non-hydrogen) atoms. The topological polar surface area (TPSA) is 55.6 Å². The van der Waals surface area contributed by atoms with Crippen molar-refractivity contribution in [3.05, 3.63) is 53.9 Å². The van der Waals surface area contributed by atoms with Crippen LogP contribution in [0.15, 0.2) is 42.7 Å². The van der Waals surface area contributed by atoms with E-state index in [9.17, 15) is 0 Å². The van der Waals surface area contributed by atoms with Gasteiger partial charge in [0.15, 0.2) is 6.33 Å². The molecular formula is C16H19N5. The number of nitrogens with zero attached hydrogens (tertiary/aromatic N) is 4. The summed E-state index contributed by atoms with van der Waals surface area (Å²) >= 11 is 0. The molecule has 1 N–H and O–H groups in total. The first-order valence-electron chi connectivity index (χ1n) is 7.16. The van der Waals surface area contributed by atoms with Crippen LogP contribution < -0.4 is 5.32 Å². The fourth-order valence-electron chi connectivity index (χ4n) is 2.76. The standard InChI is InChI=1S/C16H19N5/c1-12-7-8-15(14-6-4-3-5-13(12)14)16(9-10-17-2)21-19-11-18-20-21/h3-8,11,16-17H,9-10H2,1-2H3. The molecule has 0 aliphatic rings. The van der Waals surface area contributed by atoms with Crippen LogP contribution >= 0.6 is 0 Å². The normalized spacial score (nSPS) is 12.7. The van der Waals surface area contributed by atoms with E-state index in [2.05, 4.69) is 64.0 Å². The molecule has 0 saturated carbocycles. The van der Waals surface area contributed by atoms with Gasteiger partial charge >= 0.3 is 0 Å².